The van der Waals surface area contributed by atoms with E-state index in [2.05, 4.69) is 10.2 Å². The molecular weight excluding hydrogens is 164 g/mol. The summed E-state index contributed by atoms with van der Waals surface area (Å²) in [4.78, 5) is 0. The van der Waals surface area contributed by atoms with E-state index in [0.717, 1.165) is 17.8 Å². The van der Waals surface area contributed by atoms with E-state index in [9.17, 15) is 0 Å². The summed E-state index contributed by atoms with van der Waals surface area (Å²) in [5, 5.41) is 12.2. The molecule has 0 unspecified atom stereocenters. The maximum atomic E-state index is 4.28. The fourth-order valence-electron chi connectivity index (χ4n) is 1.12. The smallest absolute Gasteiger partial charge is 0.0406 e. The van der Waals surface area contributed by atoms with Crippen molar-refractivity contribution in [1.29, 1.82) is 0 Å². The van der Waals surface area contributed by atoms with Gasteiger partial charge in [0.1, 0.15) is 0 Å². The van der Waals surface area contributed by atoms with Crippen molar-refractivity contribution >= 4 is 11.4 Å². The third-order valence-corrected chi connectivity index (χ3v) is 1.25. The molecule has 0 saturated heterocycles. The van der Waals surface area contributed by atoms with Crippen molar-refractivity contribution in [1.82, 2.24) is 10.0 Å². The Hall–Kier alpha value is -1.06. The molecule has 0 saturated carbocycles. The van der Waals surface area contributed by atoms with Gasteiger partial charge >= 0.3 is 0 Å². The van der Waals surface area contributed by atoms with Crippen LogP contribution >= 0.6 is 0 Å². The van der Waals surface area contributed by atoms with Crippen LogP contribution in [0.25, 0.3) is 0 Å². The van der Waals surface area contributed by atoms with Gasteiger partial charge in [0.15, 0.2) is 0 Å². The monoisotopic (exact) mass is 184 g/mol. The number of hydrazone groups is 2. The van der Waals surface area contributed by atoms with Crippen molar-refractivity contribution in [3.05, 3.63) is 0 Å². The van der Waals surface area contributed by atoms with Crippen LogP contribution in [0.1, 0.15) is 20.3 Å². The Balaban J connectivity index is 4.13. The van der Waals surface area contributed by atoms with Crippen LogP contribution in [0.5, 0.6) is 0 Å². The lowest BCUT2D eigenvalue weighted by Gasteiger charge is -2.09. The largest absolute Gasteiger partial charge is 0.303 e. The quantitative estimate of drug-likeness (QED) is 0.486. The van der Waals surface area contributed by atoms with E-state index < -0.39 is 0 Å². The number of rotatable bonds is 4. The van der Waals surface area contributed by atoms with E-state index in [1.54, 1.807) is 10.0 Å². The molecule has 0 aromatic carbocycles. The van der Waals surface area contributed by atoms with Gasteiger partial charge in [0.2, 0.25) is 0 Å². The Labute approximate surface area is 80.9 Å². The molecule has 0 aliphatic rings. The predicted octanol–water partition coefficient (Wildman–Crippen LogP) is 1.25. The van der Waals surface area contributed by atoms with Crippen molar-refractivity contribution < 1.29 is 0 Å². The fourth-order valence-corrected chi connectivity index (χ4v) is 1.12. The molecule has 4 heteroatoms. The molecule has 0 aromatic rings. The van der Waals surface area contributed by atoms with Gasteiger partial charge in [-0.3, -0.25) is 0 Å². The van der Waals surface area contributed by atoms with Crippen LogP contribution < -0.4 is 0 Å². The molecule has 0 atom stereocenters. The number of hydrogen-bond acceptors (Lipinski definition) is 4. The highest BCUT2D eigenvalue weighted by Crippen LogP contribution is 1.93. The van der Waals surface area contributed by atoms with E-state index in [-0.39, 0.29) is 0 Å². The second-order valence-corrected chi connectivity index (χ2v) is 3.54. The number of nitrogens with zero attached hydrogens (tertiary/aromatic N) is 4. The first-order valence-corrected chi connectivity index (χ1v) is 4.34. The Morgan fingerprint density at radius 1 is 0.846 bits per heavy atom. The SMILES string of the molecule is CC(CC(C)=NN(C)C)=NN(C)C. The van der Waals surface area contributed by atoms with Crippen molar-refractivity contribution in [3.63, 3.8) is 0 Å². The lowest BCUT2D eigenvalue weighted by Crippen LogP contribution is -2.12. The van der Waals surface area contributed by atoms with Gasteiger partial charge in [-0.25, -0.2) is 0 Å². The van der Waals surface area contributed by atoms with Gasteiger partial charge in [-0.15, -0.1) is 0 Å². The van der Waals surface area contributed by atoms with Crippen molar-refractivity contribution in [2.45, 2.75) is 20.3 Å². The molecule has 0 spiro atoms. The zero-order valence-corrected chi connectivity index (χ0v) is 9.50. The summed E-state index contributed by atoms with van der Waals surface area (Å²) in [5.41, 5.74) is 2.15. The molecular formula is C9H20N4. The summed E-state index contributed by atoms with van der Waals surface area (Å²) in [5.74, 6) is 0. The minimum absolute atomic E-state index is 0.830. The highest BCUT2D eigenvalue weighted by molar-refractivity contribution is 6.02. The standard InChI is InChI=1S/C9H20N4/c1-8(10-12(3)4)7-9(2)11-13(5)6/h7H2,1-6H3. The zero-order chi connectivity index (χ0) is 10.4. The van der Waals surface area contributed by atoms with Crippen LogP contribution in [-0.4, -0.2) is 49.6 Å². The van der Waals surface area contributed by atoms with E-state index >= 15 is 0 Å². The van der Waals surface area contributed by atoms with Crippen molar-refractivity contribution in [2.75, 3.05) is 28.2 Å². The van der Waals surface area contributed by atoms with Gasteiger partial charge in [0, 0.05) is 46.0 Å². The topological polar surface area (TPSA) is 31.2 Å². The highest BCUT2D eigenvalue weighted by Gasteiger charge is 1.96. The second-order valence-electron chi connectivity index (χ2n) is 3.54. The first-order chi connectivity index (χ1) is 5.91. The van der Waals surface area contributed by atoms with Crippen LogP contribution in [0.3, 0.4) is 0 Å². The summed E-state index contributed by atoms with van der Waals surface area (Å²) in [6.45, 7) is 4.02. The molecule has 0 aromatic heterocycles. The first kappa shape index (κ1) is 11.9. The van der Waals surface area contributed by atoms with Gasteiger partial charge in [0.25, 0.3) is 0 Å². The van der Waals surface area contributed by atoms with Crippen molar-refractivity contribution in [3.8, 4) is 0 Å². The lowest BCUT2D eigenvalue weighted by molar-refractivity contribution is 0.433. The Bertz CT molecular complexity index is 182. The molecule has 0 rings (SSSR count). The van der Waals surface area contributed by atoms with Crippen LogP contribution in [0, 0.1) is 0 Å². The summed E-state index contributed by atoms with van der Waals surface area (Å²) >= 11 is 0. The fraction of sp³-hybridized carbons (Fsp3) is 0.778. The van der Waals surface area contributed by atoms with E-state index in [1.165, 1.54) is 0 Å². The lowest BCUT2D eigenvalue weighted by atomic mass is 10.2. The second kappa shape index (κ2) is 5.56. The summed E-state index contributed by atoms with van der Waals surface area (Å²) in [7, 11) is 7.67. The maximum Gasteiger partial charge on any atom is 0.0406 e. The molecule has 0 aliphatic carbocycles. The van der Waals surface area contributed by atoms with E-state index in [0.29, 0.717) is 0 Å². The van der Waals surface area contributed by atoms with Gasteiger partial charge in [-0.05, 0) is 13.8 Å². The van der Waals surface area contributed by atoms with Crippen LogP contribution in [0.4, 0.5) is 0 Å². The molecule has 0 heterocycles. The maximum absolute atomic E-state index is 4.28. The Kier molecular flexibility index (Phi) is 5.11. The van der Waals surface area contributed by atoms with Crippen LogP contribution in [-0.2, 0) is 0 Å². The molecule has 76 valence electrons. The average molecular weight is 184 g/mol. The van der Waals surface area contributed by atoms with Crippen molar-refractivity contribution in [2.24, 2.45) is 10.2 Å². The highest BCUT2D eigenvalue weighted by atomic mass is 15.4. The van der Waals surface area contributed by atoms with Gasteiger partial charge in [0.05, 0.1) is 0 Å². The van der Waals surface area contributed by atoms with E-state index in [4.69, 9.17) is 0 Å². The first-order valence-electron chi connectivity index (χ1n) is 4.34. The summed E-state index contributed by atoms with van der Waals surface area (Å²) in [6, 6.07) is 0. The molecule has 0 aliphatic heterocycles. The van der Waals surface area contributed by atoms with Crippen LogP contribution in [0.2, 0.25) is 0 Å². The molecule has 13 heavy (non-hydrogen) atoms. The Morgan fingerprint density at radius 3 is 1.38 bits per heavy atom. The zero-order valence-electron chi connectivity index (χ0n) is 9.50. The Morgan fingerprint density at radius 2 is 1.15 bits per heavy atom. The summed E-state index contributed by atoms with van der Waals surface area (Å²) in [6.07, 6.45) is 0.830. The predicted molar refractivity (Wildman–Crippen MR) is 58.2 cm³/mol. The molecule has 0 fully saturated rings. The van der Waals surface area contributed by atoms with E-state index in [1.807, 2.05) is 42.0 Å². The third kappa shape index (κ3) is 7.31. The van der Waals surface area contributed by atoms with Crippen LogP contribution in [0.15, 0.2) is 10.2 Å². The summed E-state index contributed by atoms with van der Waals surface area (Å²) < 4.78 is 0. The molecule has 0 N–H and O–H groups in total. The molecule has 0 bridgehead atoms. The third-order valence-electron chi connectivity index (χ3n) is 1.25. The molecule has 0 amide bonds. The average Bonchev–Trinajstić information content (AvgIpc) is 1.80. The molecule has 0 radical (unpaired) electrons. The van der Waals surface area contributed by atoms with Gasteiger partial charge in [-0.2, -0.15) is 10.2 Å². The normalized spacial score (nSPS) is 13.1. The number of hydrogen-bond donors (Lipinski definition) is 0. The minimum atomic E-state index is 0.830. The molecule has 4 nitrogen and oxygen atoms in total. The van der Waals surface area contributed by atoms with Gasteiger partial charge in [-0.1, -0.05) is 0 Å². The minimum Gasteiger partial charge on any atom is -0.303 e. The van der Waals surface area contributed by atoms with Gasteiger partial charge < -0.3 is 10.0 Å².